The minimum Gasteiger partial charge on any atom is -0.409 e. The first-order chi connectivity index (χ1) is 10.1. The summed E-state index contributed by atoms with van der Waals surface area (Å²) < 4.78 is 0. The number of benzene rings is 1. The van der Waals surface area contributed by atoms with Gasteiger partial charge in [-0.3, -0.25) is 4.79 Å². The van der Waals surface area contributed by atoms with Gasteiger partial charge in [0.1, 0.15) is 5.41 Å². The molecule has 4 N–H and O–H groups in total. The number of aryl methyl sites for hydroxylation is 1. The van der Waals surface area contributed by atoms with Crippen LogP contribution in [0.2, 0.25) is 0 Å². The van der Waals surface area contributed by atoms with E-state index in [-0.39, 0.29) is 11.7 Å². The Morgan fingerprint density at radius 3 is 2.29 bits per heavy atom. The van der Waals surface area contributed by atoms with Gasteiger partial charge in [-0.15, -0.1) is 0 Å². The van der Waals surface area contributed by atoms with E-state index < -0.39 is 5.41 Å². The van der Waals surface area contributed by atoms with Crippen molar-refractivity contribution in [3.63, 3.8) is 0 Å². The Balaban J connectivity index is 2.89. The first kappa shape index (κ1) is 17.0. The topological polar surface area (TPSA) is 87.7 Å². The summed E-state index contributed by atoms with van der Waals surface area (Å²) in [5, 5.41) is 14.9. The molecule has 0 saturated carbocycles. The van der Waals surface area contributed by atoms with Crippen LogP contribution in [0.4, 0.5) is 0 Å². The van der Waals surface area contributed by atoms with Crippen LogP contribution in [0.3, 0.4) is 0 Å². The lowest BCUT2D eigenvalue weighted by Crippen LogP contribution is -2.49. The molecule has 0 radical (unpaired) electrons. The van der Waals surface area contributed by atoms with Crippen molar-refractivity contribution in [3.05, 3.63) is 35.4 Å². The summed E-state index contributed by atoms with van der Waals surface area (Å²) in [6.45, 7) is 6.25. The summed E-state index contributed by atoms with van der Waals surface area (Å²) in [5.41, 5.74) is 7.09. The molecule has 0 aliphatic heterocycles. The Bertz CT molecular complexity index is 508. The molecule has 0 heterocycles. The molecule has 0 atom stereocenters. The monoisotopic (exact) mass is 291 g/mol. The van der Waals surface area contributed by atoms with Crippen molar-refractivity contribution in [1.29, 1.82) is 0 Å². The maximum atomic E-state index is 12.5. The van der Waals surface area contributed by atoms with Crippen molar-refractivity contribution in [2.75, 3.05) is 0 Å². The van der Waals surface area contributed by atoms with Crippen molar-refractivity contribution < 1.29 is 10.0 Å². The predicted octanol–water partition coefficient (Wildman–Crippen LogP) is 2.42. The SMILES string of the molecule is CCc1ccccc1CNC(=O)C(CC)(CC)C(N)=NO. The summed E-state index contributed by atoms with van der Waals surface area (Å²) in [4.78, 5) is 12.5. The van der Waals surface area contributed by atoms with Gasteiger partial charge in [-0.1, -0.05) is 50.2 Å². The smallest absolute Gasteiger partial charge is 0.234 e. The zero-order chi connectivity index (χ0) is 15.9. The Morgan fingerprint density at radius 1 is 1.24 bits per heavy atom. The van der Waals surface area contributed by atoms with Crippen LogP contribution in [-0.4, -0.2) is 17.0 Å². The van der Waals surface area contributed by atoms with Crippen LogP contribution in [0.5, 0.6) is 0 Å². The molecule has 21 heavy (non-hydrogen) atoms. The van der Waals surface area contributed by atoms with E-state index in [9.17, 15) is 4.79 Å². The van der Waals surface area contributed by atoms with Crippen molar-refractivity contribution >= 4 is 11.7 Å². The van der Waals surface area contributed by atoms with Crippen LogP contribution in [0.15, 0.2) is 29.4 Å². The van der Waals surface area contributed by atoms with Gasteiger partial charge in [0, 0.05) is 6.54 Å². The molecule has 1 aromatic carbocycles. The molecule has 5 heteroatoms. The Morgan fingerprint density at radius 2 is 1.81 bits per heavy atom. The number of carbonyl (C=O) groups is 1. The number of nitrogens with two attached hydrogens (primary N) is 1. The van der Waals surface area contributed by atoms with E-state index in [4.69, 9.17) is 10.9 Å². The largest absolute Gasteiger partial charge is 0.409 e. The maximum absolute atomic E-state index is 12.5. The Labute approximate surface area is 126 Å². The highest BCUT2D eigenvalue weighted by Crippen LogP contribution is 2.27. The van der Waals surface area contributed by atoms with Gasteiger partial charge in [-0.05, 0) is 30.4 Å². The van der Waals surface area contributed by atoms with Crippen LogP contribution in [0.1, 0.15) is 44.7 Å². The molecule has 0 aromatic heterocycles. The highest BCUT2D eigenvalue weighted by molar-refractivity contribution is 6.06. The summed E-state index contributed by atoms with van der Waals surface area (Å²) in [5.74, 6) is -0.234. The number of hydrogen-bond donors (Lipinski definition) is 3. The number of nitrogens with one attached hydrogen (secondary N) is 1. The number of amidine groups is 1. The molecular weight excluding hydrogens is 266 g/mol. The van der Waals surface area contributed by atoms with Gasteiger partial charge in [-0.2, -0.15) is 0 Å². The van der Waals surface area contributed by atoms with Gasteiger partial charge in [0.25, 0.3) is 0 Å². The second-order valence-electron chi connectivity index (χ2n) is 5.08. The normalized spacial score (nSPS) is 12.2. The third-order valence-electron chi connectivity index (χ3n) is 4.18. The van der Waals surface area contributed by atoms with Crippen molar-refractivity contribution in [2.24, 2.45) is 16.3 Å². The lowest BCUT2D eigenvalue weighted by molar-refractivity contribution is -0.128. The average molecular weight is 291 g/mol. The number of hydrogen-bond acceptors (Lipinski definition) is 3. The first-order valence-electron chi connectivity index (χ1n) is 7.38. The second-order valence-corrected chi connectivity index (χ2v) is 5.08. The lowest BCUT2D eigenvalue weighted by atomic mass is 9.80. The molecule has 0 spiro atoms. The minimum absolute atomic E-state index is 0.0335. The van der Waals surface area contributed by atoms with E-state index in [1.54, 1.807) is 0 Å². The number of nitrogens with zero attached hydrogens (tertiary/aromatic N) is 1. The summed E-state index contributed by atoms with van der Waals surface area (Å²) in [6, 6.07) is 8.00. The standard InChI is InChI=1S/C16H25N3O2/c1-4-12-9-7-8-10-13(12)11-18-15(20)16(5-2,6-3)14(17)19-21/h7-10,21H,4-6,11H2,1-3H3,(H2,17,19)(H,18,20). The van der Waals surface area contributed by atoms with Crippen LogP contribution < -0.4 is 11.1 Å². The van der Waals surface area contributed by atoms with Crippen LogP contribution in [0, 0.1) is 5.41 Å². The molecular formula is C16H25N3O2. The first-order valence-corrected chi connectivity index (χ1v) is 7.38. The number of oxime groups is 1. The van der Waals surface area contributed by atoms with E-state index in [1.165, 1.54) is 5.56 Å². The van der Waals surface area contributed by atoms with E-state index in [0.717, 1.165) is 12.0 Å². The molecule has 5 nitrogen and oxygen atoms in total. The molecule has 0 aliphatic rings. The molecule has 1 aromatic rings. The molecule has 1 rings (SSSR count). The molecule has 0 aliphatic carbocycles. The summed E-state index contributed by atoms with van der Waals surface area (Å²) in [7, 11) is 0. The van der Waals surface area contributed by atoms with Crippen molar-refractivity contribution in [2.45, 2.75) is 46.6 Å². The quantitative estimate of drug-likeness (QED) is 0.312. The summed E-state index contributed by atoms with van der Waals surface area (Å²) in [6.07, 6.45) is 1.89. The number of amides is 1. The minimum atomic E-state index is -0.949. The van der Waals surface area contributed by atoms with Crippen molar-refractivity contribution in [3.8, 4) is 0 Å². The molecule has 0 saturated heterocycles. The number of rotatable bonds is 7. The Kier molecular flexibility index (Phi) is 6.21. The van der Waals surface area contributed by atoms with Gasteiger partial charge in [0.05, 0.1) is 0 Å². The van der Waals surface area contributed by atoms with Gasteiger partial charge in [0.15, 0.2) is 5.84 Å². The third-order valence-corrected chi connectivity index (χ3v) is 4.18. The van der Waals surface area contributed by atoms with Crippen LogP contribution in [0.25, 0.3) is 0 Å². The fraction of sp³-hybridized carbons (Fsp3) is 0.500. The van der Waals surface area contributed by atoms with Gasteiger partial charge >= 0.3 is 0 Å². The van der Waals surface area contributed by atoms with Crippen LogP contribution >= 0.6 is 0 Å². The van der Waals surface area contributed by atoms with Crippen molar-refractivity contribution in [1.82, 2.24) is 5.32 Å². The van der Waals surface area contributed by atoms with Gasteiger partial charge in [0.2, 0.25) is 5.91 Å². The van der Waals surface area contributed by atoms with Gasteiger partial charge in [-0.25, -0.2) is 0 Å². The fourth-order valence-corrected chi connectivity index (χ4v) is 2.56. The molecule has 0 bridgehead atoms. The van der Waals surface area contributed by atoms with E-state index >= 15 is 0 Å². The Hall–Kier alpha value is -2.04. The van der Waals surface area contributed by atoms with E-state index in [0.29, 0.717) is 19.4 Å². The second kappa shape index (κ2) is 7.67. The molecule has 0 fully saturated rings. The fourth-order valence-electron chi connectivity index (χ4n) is 2.56. The van der Waals surface area contributed by atoms with Gasteiger partial charge < -0.3 is 16.3 Å². The average Bonchev–Trinajstić information content (AvgIpc) is 2.54. The molecule has 0 unspecified atom stereocenters. The molecule has 116 valence electrons. The van der Waals surface area contributed by atoms with E-state index in [2.05, 4.69) is 23.5 Å². The maximum Gasteiger partial charge on any atom is 0.234 e. The third kappa shape index (κ3) is 3.54. The molecule has 1 amide bonds. The lowest BCUT2D eigenvalue weighted by Gasteiger charge is -2.28. The highest BCUT2D eigenvalue weighted by Gasteiger charge is 2.39. The summed E-state index contributed by atoms with van der Waals surface area (Å²) >= 11 is 0. The van der Waals surface area contributed by atoms with E-state index in [1.807, 2.05) is 32.0 Å². The zero-order valence-electron chi connectivity index (χ0n) is 13.0. The van der Waals surface area contributed by atoms with Crippen LogP contribution in [-0.2, 0) is 17.8 Å². The predicted molar refractivity (Wildman–Crippen MR) is 84.1 cm³/mol. The highest BCUT2D eigenvalue weighted by atomic mass is 16.4. The zero-order valence-corrected chi connectivity index (χ0v) is 13.0. The number of carbonyl (C=O) groups excluding carboxylic acids is 1.